The van der Waals surface area contributed by atoms with Crippen LogP contribution in [0.4, 0.5) is 11.5 Å². The lowest BCUT2D eigenvalue weighted by atomic mass is 10.2. The van der Waals surface area contributed by atoms with Gasteiger partial charge in [-0.25, -0.2) is 4.98 Å². The van der Waals surface area contributed by atoms with Gasteiger partial charge in [-0.1, -0.05) is 12.1 Å². The average Bonchev–Trinajstić information content (AvgIpc) is 3.17. The van der Waals surface area contributed by atoms with Gasteiger partial charge in [0.15, 0.2) is 5.82 Å². The second kappa shape index (κ2) is 6.69. The highest BCUT2D eigenvalue weighted by Gasteiger charge is 2.24. The van der Waals surface area contributed by atoms with Gasteiger partial charge in [-0.15, -0.1) is 0 Å². The van der Waals surface area contributed by atoms with E-state index in [0.29, 0.717) is 24.1 Å². The van der Waals surface area contributed by atoms with Crippen LogP contribution < -0.4 is 5.32 Å². The van der Waals surface area contributed by atoms with E-state index in [1.165, 1.54) is 12.3 Å². The van der Waals surface area contributed by atoms with E-state index in [2.05, 4.69) is 25.3 Å². The van der Waals surface area contributed by atoms with Crippen molar-refractivity contribution < 1.29 is 9.45 Å². The number of anilines is 1. The Bertz CT molecular complexity index is 671. The first-order chi connectivity index (χ1) is 11.1. The van der Waals surface area contributed by atoms with E-state index in [1.54, 1.807) is 6.07 Å². The molecule has 3 heterocycles. The number of nitro groups is 1. The number of hydrogen-bond donors (Lipinski definition) is 1. The van der Waals surface area contributed by atoms with Crippen molar-refractivity contribution >= 4 is 11.5 Å². The molecule has 0 saturated carbocycles. The lowest BCUT2D eigenvalue weighted by Crippen LogP contribution is -2.26. The molecule has 1 atom stereocenters. The Labute approximate surface area is 132 Å². The molecule has 3 rings (SSSR count). The number of aromatic nitrogens is 3. The SMILES string of the molecule is CCc1nc(CN2CC[C@@H](Nc3ccc([N+](=O)[O-])cn3)C2)no1. The zero-order valence-corrected chi connectivity index (χ0v) is 12.8. The molecule has 1 aliphatic heterocycles. The molecule has 0 bridgehead atoms. The maximum absolute atomic E-state index is 10.6. The Morgan fingerprint density at radius 2 is 2.39 bits per heavy atom. The summed E-state index contributed by atoms with van der Waals surface area (Å²) in [5, 5.41) is 17.9. The van der Waals surface area contributed by atoms with E-state index in [0.717, 1.165) is 25.9 Å². The van der Waals surface area contributed by atoms with Crippen molar-refractivity contribution in [3.63, 3.8) is 0 Å². The number of nitrogens with one attached hydrogen (secondary N) is 1. The summed E-state index contributed by atoms with van der Waals surface area (Å²) in [6, 6.07) is 3.34. The van der Waals surface area contributed by atoms with Crippen LogP contribution in [0, 0.1) is 10.1 Å². The molecule has 122 valence electrons. The van der Waals surface area contributed by atoms with E-state index in [9.17, 15) is 10.1 Å². The van der Waals surface area contributed by atoms with Gasteiger partial charge in [-0.2, -0.15) is 4.98 Å². The van der Waals surface area contributed by atoms with Gasteiger partial charge in [0.25, 0.3) is 5.69 Å². The first kappa shape index (κ1) is 15.3. The van der Waals surface area contributed by atoms with E-state index >= 15 is 0 Å². The minimum atomic E-state index is -0.455. The Morgan fingerprint density at radius 3 is 3.04 bits per heavy atom. The summed E-state index contributed by atoms with van der Waals surface area (Å²) >= 11 is 0. The highest BCUT2D eigenvalue weighted by molar-refractivity contribution is 5.41. The zero-order chi connectivity index (χ0) is 16.2. The van der Waals surface area contributed by atoms with Crippen molar-refractivity contribution in [1.29, 1.82) is 0 Å². The third-order valence-corrected chi connectivity index (χ3v) is 3.76. The third kappa shape index (κ3) is 3.81. The van der Waals surface area contributed by atoms with Gasteiger partial charge in [0.2, 0.25) is 5.89 Å². The van der Waals surface area contributed by atoms with Gasteiger partial charge in [0.05, 0.1) is 11.5 Å². The molecule has 1 N–H and O–H groups in total. The number of nitrogens with zero attached hydrogens (tertiary/aromatic N) is 5. The molecule has 0 radical (unpaired) electrons. The summed E-state index contributed by atoms with van der Waals surface area (Å²) in [4.78, 5) is 20.8. The fraction of sp³-hybridized carbons (Fsp3) is 0.500. The smallest absolute Gasteiger partial charge is 0.287 e. The highest BCUT2D eigenvalue weighted by Crippen LogP contribution is 2.18. The maximum atomic E-state index is 10.6. The molecule has 2 aromatic heterocycles. The molecule has 0 aliphatic carbocycles. The number of pyridine rings is 1. The van der Waals surface area contributed by atoms with Crippen LogP contribution in [-0.4, -0.2) is 44.1 Å². The molecule has 0 unspecified atom stereocenters. The number of aryl methyl sites for hydroxylation is 1. The molecular weight excluding hydrogens is 300 g/mol. The monoisotopic (exact) mass is 318 g/mol. The summed E-state index contributed by atoms with van der Waals surface area (Å²) < 4.78 is 5.11. The van der Waals surface area contributed by atoms with Crippen LogP contribution in [0.3, 0.4) is 0 Å². The molecule has 9 heteroatoms. The molecule has 1 aliphatic rings. The number of likely N-dealkylation sites (tertiary alicyclic amines) is 1. The molecule has 0 spiro atoms. The molecule has 23 heavy (non-hydrogen) atoms. The molecule has 0 aromatic carbocycles. The minimum Gasteiger partial charge on any atom is -0.366 e. The first-order valence-electron chi connectivity index (χ1n) is 7.55. The van der Waals surface area contributed by atoms with Crippen LogP contribution in [0.5, 0.6) is 0 Å². The van der Waals surface area contributed by atoms with Gasteiger partial charge in [-0.05, 0) is 12.5 Å². The molecular formula is C14H18N6O3. The second-order valence-corrected chi connectivity index (χ2v) is 5.48. The topological polar surface area (TPSA) is 110 Å². The average molecular weight is 318 g/mol. The number of hydrogen-bond acceptors (Lipinski definition) is 8. The fourth-order valence-electron chi connectivity index (χ4n) is 2.58. The molecule has 9 nitrogen and oxygen atoms in total. The zero-order valence-electron chi connectivity index (χ0n) is 12.8. The Morgan fingerprint density at radius 1 is 1.52 bits per heavy atom. The highest BCUT2D eigenvalue weighted by atomic mass is 16.6. The number of rotatable bonds is 6. The van der Waals surface area contributed by atoms with E-state index < -0.39 is 4.92 Å². The van der Waals surface area contributed by atoms with Crippen LogP contribution >= 0.6 is 0 Å². The van der Waals surface area contributed by atoms with E-state index in [1.807, 2.05) is 6.92 Å². The van der Waals surface area contributed by atoms with Crippen LogP contribution in [0.25, 0.3) is 0 Å². The van der Waals surface area contributed by atoms with Gasteiger partial charge < -0.3 is 9.84 Å². The van der Waals surface area contributed by atoms with Gasteiger partial charge in [0.1, 0.15) is 12.0 Å². The van der Waals surface area contributed by atoms with Crippen molar-refractivity contribution in [3.05, 3.63) is 40.2 Å². The minimum absolute atomic E-state index is 0.00701. The van der Waals surface area contributed by atoms with Crippen molar-refractivity contribution in [2.24, 2.45) is 0 Å². The van der Waals surface area contributed by atoms with E-state index in [4.69, 9.17) is 4.52 Å². The largest absolute Gasteiger partial charge is 0.366 e. The summed E-state index contributed by atoms with van der Waals surface area (Å²) in [6.07, 6.45) is 2.97. The van der Waals surface area contributed by atoms with Crippen molar-refractivity contribution in [2.75, 3.05) is 18.4 Å². The van der Waals surface area contributed by atoms with Crippen LogP contribution in [0.1, 0.15) is 25.1 Å². The Hall–Kier alpha value is -2.55. The molecule has 1 saturated heterocycles. The van der Waals surface area contributed by atoms with Crippen LogP contribution in [0.2, 0.25) is 0 Å². The lowest BCUT2D eigenvalue weighted by Gasteiger charge is -2.15. The quantitative estimate of drug-likeness (QED) is 0.632. The second-order valence-electron chi connectivity index (χ2n) is 5.48. The summed E-state index contributed by atoms with van der Waals surface area (Å²) in [6.45, 7) is 4.41. The van der Waals surface area contributed by atoms with Crippen LogP contribution in [0.15, 0.2) is 22.9 Å². The summed E-state index contributed by atoms with van der Waals surface area (Å²) in [5.74, 6) is 2.01. The maximum Gasteiger partial charge on any atom is 0.287 e. The Kier molecular flexibility index (Phi) is 4.47. The normalized spacial score (nSPS) is 18.2. The first-order valence-corrected chi connectivity index (χ1v) is 7.55. The molecule has 1 fully saturated rings. The van der Waals surface area contributed by atoms with Gasteiger partial charge >= 0.3 is 0 Å². The van der Waals surface area contributed by atoms with Gasteiger partial charge in [-0.3, -0.25) is 15.0 Å². The van der Waals surface area contributed by atoms with Crippen molar-refractivity contribution in [2.45, 2.75) is 32.4 Å². The van der Waals surface area contributed by atoms with Crippen molar-refractivity contribution in [1.82, 2.24) is 20.0 Å². The van der Waals surface area contributed by atoms with E-state index in [-0.39, 0.29) is 11.7 Å². The molecule has 0 amide bonds. The summed E-state index contributed by atoms with van der Waals surface area (Å²) in [7, 11) is 0. The van der Waals surface area contributed by atoms with Crippen LogP contribution in [-0.2, 0) is 13.0 Å². The third-order valence-electron chi connectivity index (χ3n) is 3.76. The predicted molar refractivity (Wildman–Crippen MR) is 81.9 cm³/mol. The molecule has 2 aromatic rings. The lowest BCUT2D eigenvalue weighted by molar-refractivity contribution is -0.385. The summed E-state index contributed by atoms with van der Waals surface area (Å²) in [5.41, 5.74) is -0.00701. The Balaban J connectivity index is 1.52. The van der Waals surface area contributed by atoms with Gasteiger partial charge in [0, 0.05) is 31.6 Å². The fourth-order valence-corrected chi connectivity index (χ4v) is 2.58. The predicted octanol–water partition coefficient (Wildman–Crippen LogP) is 1.62. The van der Waals surface area contributed by atoms with Crippen molar-refractivity contribution in [3.8, 4) is 0 Å². The standard InChI is InChI=1S/C14H18N6O3/c1-2-14-17-13(18-23-14)9-19-6-5-10(8-19)16-12-4-3-11(7-15-12)20(21)22/h3-4,7,10H,2,5-6,8-9H2,1H3,(H,15,16)/t10-/m1/s1.